The van der Waals surface area contributed by atoms with Crippen molar-refractivity contribution < 1.29 is 4.79 Å². The summed E-state index contributed by atoms with van der Waals surface area (Å²) in [7, 11) is 0. The Bertz CT molecular complexity index is 542. The fourth-order valence-electron chi connectivity index (χ4n) is 1.42. The Morgan fingerprint density at radius 1 is 1.44 bits per heavy atom. The van der Waals surface area contributed by atoms with Gasteiger partial charge in [-0.2, -0.15) is 0 Å². The standard InChI is InChI=1S/C11H8Br2N2O/c12-5-10(16)15-9-3-1-2-7-4-8(13)6-14-11(7)9/h1-4,6H,5H2,(H,15,16). The average molecular weight is 344 g/mol. The second-order valence-electron chi connectivity index (χ2n) is 3.21. The lowest BCUT2D eigenvalue weighted by atomic mass is 10.2. The fraction of sp³-hybridized carbons (Fsp3) is 0.0909. The lowest BCUT2D eigenvalue weighted by Gasteiger charge is -2.06. The summed E-state index contributed by atoms with van der Waals surface area (Å²) in [5, 5.41) is 4.06. The van der Waals surface area contributed by atoms with Crippen molar-refractivity contribution in [2.24, 2.45) is 0 Å². The maximum atomic E-state index is 11.3. The molecule has 1 N–H and O–H groups in total. The fourth-order valence-corrected chi connectivity index (χ4v) is 1.91. The van der Waals surface area contributed by atoms with E-state index < -0.39 is 0 Å². The van der Waals surface area contributed by atoms with Gasteiger partial charge in [-0.3, -0.25) is 9.78 Å². The van der Waals surface area contributed by atoms with Gasteiger partial charge in [0.25, 0.3) is 0 Å². The number of halogens is 2. The van der Waals surface area contributed by atoms with E-state index in [2.05, 4.69) is 42.2 Å². The molecule has 0 aliphatic carbocycles. The quantitative estimate of drug-likeness (QED) is 0.850. The van der Waals surface area contributed by atoms with E-state index in [1.54, 1.807) is 6.20 Å². The van der Waals surface area contributed by atoms with Gasteiger partial charge in [0.1, 0.15) is 0 Å². The zero-order chi connectivity index (χ0) is 11.5. The zero-order valence-corrected chi connectivity index (χ0v) is 11.4. The van der Waals surface area contributed by atoms with Crippen LogP contribution in [-0.2, 0) is 4.79 Å². The molecular formula is C11H8Br2N2O. The smallest absolute Gasteiger partial charge is 0.235 e. The molecule has 0 atom stereocenters. The van der Waals surface area contributed by atoms with Crippen molar-refractivity contribution in [2.45, 2.75) is 0 Å². The molecule has 3 nitrogen and oxygen atoms in total. The maximum absolute atomic E-state index is 11.3. The number of anilines is 1. The van der Waals surface area contributed by atoms with E-state index in [0.29, 0.717) is 0 Å². The summed E-state index contributed by atoms with van der Waals surface area (Å²) in [6, 6.07) is 7.65. The zero-order valence-electron chi connectivity index (χ0n) is 8.21. The lowest BCUT2D eigenvalue weighted by Crippen LogP contribution is -2.12. The summed E-state index contributed by atoms with van der Waals surface area (Å²) < 4.78 is 0.920. The molecule has 1 aromatic carbocycles. The Hall–Kier alpha value is -0.940. The predicted molar refractivity (Wildman–Crippen MR) is 71.9 cm³/mol. The first-order valence-corrected chi connectivity index (χ1v) is 6.52. The number of pyridine rings is 1. The highest BCUT2D eigenvalue weighted by atomic mass is 79.9. The topological polar surface area (TPSA) is 42.0 Å². The monoisotopic (exact) mass is 342 g/mol. The molecule has 16 heavy (non-hydrogen) atoms. The molecule has 1 heterocycles. The van der Waals surface area contributed by atoms with Gasteiger partial charge >= 0.3 is 0 Å². The molecule has 0 unspecified atom stereocenters. The van der Waals surface area contributed by atoms with E-state index in [0.717, 1.165) is 21.1 Å². The number of aromatic nitrogens is 1. The number of alkyl halides is 1. The first-order valence-electron chi connectivity index (χ1n) is 4.61. The van der Waals surface area contributed by atoms with Crippen LogP contribution in [-0.4, -0.2) is 16.2 Å². The molecule has 0 bridgehead atoms. The van der Waals surface area contributed by atoms with Crippen LogP contribution in [0.3, 0.4) is 0 Å². The largest absolute Gasteiger partial charge is 0.323 e. The molecule has 0 saturated heterocycles. The Balaban J connectivity index is 2.49. The number of benzene rings is 1. The van der Waals surface area contributed by atoms with Crippen LogP contribution < -0.4 is 5.32 Å². The number of para-hydroxylation sites is 1. The van der Waals surface area contributed by atoms with E-state index in [9.17, 15) is 4.79 Å². The molecule has 0 saturated carbocycles. The molecule has 2 aromatic rings. The SMILES string of the molecule is O=C(CBr)Nc1cccc2cc(Br)cnc12. The van der Waals surface area contributed by atoms with Crippen LogP contribution >= 0.6 is 31.9 Å². The Morgan fingerprint density at radius 3 is 3.00 bits per heavy atom. The Morgan fingerprint density at radius 2 is 2.25 bits per heavy atom. The molecule has 1 amide bonds. The van der Waals surface area contributed by atoms with Gasteiger partial charge in [0, 0.05) is 16.1 Å². The third-order valence-corrected chi connectivity index (χ3v) is 3.02. The van der Waals surface area contributed by atoms with Crippen molar-refractivity contribution in [2.75, 3.05) is 10.6 Å². The van der Waals surface area contributed by atoms with Crippen LogP contribution in [0.5, 0.6) is 0 Å². The first kappa shape index (κ1) is 11.5. The average Bonchev–Trinajstić information content (AvgIpc) is 2.28. The van der Waals surface area contributed by atoms with Gasteiger partial charge in [-0.1, -0.05) is 28.1 Å². The maximum Gasteiger partial charge on any atom is 0.235 e. The van der Waals surface area contributed by atoms with E-state index in [-0.39, 0.29) is 11.2 Å². The number of rotatable bonds is 2. The third kappa shape index (κ3) is 2.41. The molecule has 0 radical (unpaired) electrons. The summed E-state index contributed by atoms with van der Waals surface area (Å²) >= 11 is 6.47. The number of carbonyl (C=O) groups is 1. The highest BCUT2D eigenvalue weighted by Crippen LogP contribution is 2.23. The molecule has 0 aliphatic heterocycles. The summed E-state index contributed by atoms with van der Waals surface area (Å²) in [6.07, 6.45) is 1.71. The normalized spacial score (nSPS) is 10.4. The van der Waals surface area contributed by atoms with E-state index in [4.69, 9.17) is 0 Å². The highest BCUT2D eigenvalue weighted by Gasteiger charge is 2.05. The van der Waals surface area contributed by atoms with Gasteiger partial charge in [0.2, 0.25) is 5.91 Å². The van der Waals surface area contributed by atoms with Gasteiger partial charge in [0.05, 0.1) is 16.5 Å². The van der Waals surface area contributed by atoms with Crippen molar-refractivity contribution in [1.29, 1.82) is 0 Å². The van der Waals surface area contributed by atoms with Crippen LogP contribution in [0.1, 0.15) is 0 Å². The number of hydrogen-bond donors (Lipinski definition) is 1. The summed E-state index contributed by atoms with van der Waals surface area (Å²) in [5.41, 5.74) is 1.52. The number of fused-ring (bicyclic) bond motifs is 1. The minimum Gasteiger partial charge on any atom is -0.323 e. The number of carbonyl (C=O) groups excluding carboxylic acids is 1. The predicted octanol–water partition coefficient (Wildman–Crippen LogP) is 3.33. The molecular weight excluding hydrogens is 336 g/mol. The molecule has 1 aromatic heterocycles. The van der Waals surface area contributed by atoms with Crippen molar-refractivity contribution in [3.63, 3.8) is 0 Å². The summed E-state index contributed by atoms with van der Waals surface area (Å²) in [5.74, 6) is -0.0859. The van der Waals surface area contributed by atoms with Crippen LogP contribution in [0.4, 0.5) is 5.69 Å². The second-order valence-corrected chi connectivity index (χ2v) is 4.69. The number of hydrogen-bond acceptors (Lipinski definition) is 2. The number of amides is 1. The molecule has 0 spiro atoms. The molecule has 2 rings (SSSR count). The van der Waals surface area contributed by atoms with Crippen LogP contribution in [0.2, 0.25) is 0 Å². The minimum atomic E-state index is -0.0859. The molecule has 5 heteroatoms. The van der Waals surface area contributed by atoms with Gasteiger partial charge in [0.15, 0.2) is 0 Å². The van der Waals surface area contributed by atoms with Crippen LogP contribution in [0, 0.1) is 0 Å². The third-order valence-electron chi connectivity index (χ3n) is 2.07. The summed E-state index contributed by atoms with van der Waals surface area (Å²) in [4.78, 5) is 15.6. The van der Waals surface area contributed by atoms with E-state index in [1.807, 2.05) is 24.3 Å². The van der Waals surface area contributed by atoms with Gasteiger partial charge in [-0.05, 0) is 28.1 Å². The van der Waals surface area contributed by atoms with Crippen molar-refractivity contribution in [3.05, 3.63) is 34.9 Å². The highest BCUT2D eigenvalue weighted by molar-refractivity contribution is 9.10. The van der Waals surface area contributed by atoms with Crippen LogP contribution in [0.25, 0.3) is 10.9 Å². The van der Waals surface area contributed by atoms with Crippen molar-refractivity contribution in [1.82, 2.24) is 4.98 Å². The Kier molecular flexibility index (Phi) is 3.56. The second kappa shape index (κ2) is 4.93. The molecule has 82 valence electrons. The van der Waals surface area contributed by atoms with Crippen molar-refractivity contribution >= 4 is 54.4 Å². The van der Waals surface area contributed by atoms with E-state index >= 15 is 0 Å². The van der Waals surface area contributed by atoms with E-state index in [1.165, 1.54) is 0 Å². The Labute approximate surface area is 110 Å². The molecule has 0 aliphatic rings. The first-order chi connectivity index (χ1) is 7.70. The minimum absolute atomic E-state index is 0.0859. The molecule has 0 fully saturated rings. The lowest BCUT2D eigenvalue weighted by molar-refractivity contribution is -0.113. The van der Waals surface area contributed by atoms with Gasteiger partial charge < -0.3 is 5.32 Å². The van der Waals surface area contributed by atoms with Gasteiger partial charge in [-0.25, -0.2) is 0 Å². The number of nitrogens with zero attached hydrogens (tertiary/aromatic N) is 1. The summed E-state index contributed by atoms with van der Waals surface area (Å²) in [6.45, 7) is 0. The number of nitrogens with one attached hydrogen (secondary N) is 1. The van der Waals surface area contributed by atoms with Crippen molar-refractivity contribution in [3.8, 4) is 0 Å². The van der Waals surface area contributed by atoms with Crippen LogP contribution in [0.15, 0.2) is 34.9 Å². The van der Waals surface area contributed by atoms with Gasteiger partial charge in [-0.15, -0.1) is 0 Å².